The first-order valence-electron chi connectivity index (χ1n) is 13.8. The minimum absolute atomic E-state index is 0.0915. The maximum Gasteiger partial charge on any atom is 0.253 e. The van der Waals surface area contributed by atoms with Crippen LogP contribution >= 0.6 is 0 Å². The summed E-state index contributed by atoms with van der Waals surface area (Å²) in [6.07, 6.45) is 4.80. The van der Waals surface area contributed by atoms with Gasteiger partial charge in [-0.3, -0.25) is 9.36 Å². The number of anilines is 2. The van der Waals surface area contributed by atoms with Crippen LogP contribution < -0.4 is 15.8 Å². The van der Waals surface area contributed by atoms with Gasteiger partial charge in [-0.2, -0.15) is 0 Å². The second kappa shape index (κ2) is 10.8. The summed E-state index contributed by atoms with van der Waals surface area (Å²) in [7, 11) is 2.17. The zero-order valence-electron chi connectivity index (χ0n) is 22.9. The summed E-state index contributed by atoms with van der Waals surface area (Å²) in [5.74, 6) is 1.22. The van der Waals surface area contributed by atoms with Gasteiger partial charge in [-0.25, -0.2) is 15.0 Å². The number of aryl methyl sites for hydroxylation is 2. The normalized spacial score (nSPS) is 18.5. The fourth-order valence-electron chi connectivity index (χ4n) is 5.48. The number of aromatic amines is 1. The molecule has 1 atom stereocenters. The lowest BCUT2D eigenvalue weighted by atomic mass is 10.1. The Hall–Kier alpha value is -3.76. The third kappa shape index (κ3) is 5.26. The summed E-state index contributed by atoms with van der Waals surface area (Å²) in [5, 5.41) is 3.40. The zero-order chi connectivity index (χ0) is 26.9. The number of imidazole rings is 1. The maximum atomic E-state index is 12.7. The molecule has 0 radical (unpaired) electrons. The number of ether oxygens (including phenoxy) is 1. The van der Waals surface area contributed by atoms with Gasteiger partial charge in [0, 0.05) is 61.8 Å². The second-order valence-electron chi connectivity index (χ2n) is 10.7. The third-order valence-electron chi connectivity index (χ3n) is 7.81. The number of benzene rings is 1. The number of piperazine rings is 1. The van der Waals surface area contributed by atoms with Crippen molar-refractivity contribution in [1.29, 1.82) is 0 Å². The van der Waals surface area contributed by atoms with Crippen molar-refractivity contribution in [2.24, 2.45) is 0 Å². The highest BCUT2D eigenvalue weighted by Crippen LogP contribution is 2.30. The first kappa shape index (κ1) is 25.5. The Balaban J connectivity index is 1.36. The van der Waals surface area contributed by atoms with Crippen LogP contribution in [0.3, 0.4) is 0 Å². The number of fused-ring (bicyclic) bond motifs is 1. The van der Waals surface area contributed by atoms with E-state index in [9.17, 15) is 4.79 Å². The Morgan fingerprint density at radius 2 is 1.87 bits per heavy atom. The molecule has 3 aromatic heterocycles. The maximum absolute atomic E-state index is 12.7. The van der Waals surface area contributed by atoms with Crippen molar-refractivity contribution in [2.75, 3.05) is 50.1 Å². The van der Waals surface area contributed by atoms with Gasteiger partial charge in [0.15, 0.2) is 22.8 Å². The van der Waals surface area contributed by atoms with Crippen LogP contribution in [-0.2, 0) is 11.3 Å². The molecule has 10 nitrogen and oxygen atoms in total. The molecule has 204 valence electrons. The second-order valence-corrected chi connectivity index (χ2v) is 10.7. The van der Waals surface area contributed by atoms with Crippen molar-refractivity contribution in [1.82, 2.24) is 29.4 Å². The van der Waals surface area contributed by atoms with Gasteiger partial charge in [-0.15, -0.1) is 0 Å². The Labute approximate surface area is 228 Å². The van der Waals surface area contributed by atoms with Gasteiger partial charge >= 0.3 is 0 Å². The molecule has 0 aliphatic carbocycles. The Kier molecular flexibility index (Phi) is 7.05. The Morgan fingerprint density at radius 1 is 1.08 bits per heavy atom. The van der Waals surface area contributed by atoms with Gasteiger partial charge < -0.3 is 24.8 Å². The number of hydrogen-bond donors (Lipinski definition) is 2. The minimum Gasteiger partial charge on any atom is -0.369 e. The average Bonchev–Trinajstić information content (AvgIpc) is 3.38. The van der Waals surface area contributed by atoms with E-state index in [-0.39, 0.29) is 11.8 Å². The van der Waals surface area contributed by atoms with E-state index in [2.05, 4.69) is 56.4 Å². The molecule has 5 heterocycles. The van der Waals surface area contributed by atoms with E-state index in [1.54, 1.807) is 6.33 Å². The SMILES string of the molecule is Cc1cc(C)c(CNc2nc(-c3ccc(N4CCN(C)CC4)cc3)nc3c2ncn3C2CCCCO2)c(=O)[nH]1. The highest BCUT2D eigenvalue weighted by molar-refractivity contribution is 5.85. The summed E-state index contributed by atoms with van der Waals surface area (Å²) in [5.41, 5.74) is 5.91. The van der Waals surface area contributed by atoms with E-state index in [4.69, 9.17) is 14.7 Å². The van der Waals surface area contributed by atoms with Crippen LogP contribution in [0.4, 0.5) is 11.5 Å². The van der Waals surface area contributed by atoms with Gasteiger partial charge in [0.2, 0.25) is 0 Å². The molecule has 4 aromatic rings. The molecular formula is C29H36N8O2. The molecule has 1 unspecified atom stereocenters. The van der Waals surface area contributed by atoms with Crippen molar-refractivity contribution in [3.05, 3.63) is 63.8 Å². The number of pyridine rings is 1. The Bertz CT molecular complexity index is 1510. The van der Waals surface area contributed by atoms with Crippen LogP contribution in [0.15, 0.2) is 41.5 Å². The highest BCUT2D eigenvalue weighted by atomic mass is 16.5. The van der Waals surface area contributed by atoms with Gasteiger partial charge in [0.25, 0.3) is 5.56 Å². The van der Waals surface area contributed by atoms with Crippen molar-refractivity contribution in [3.63, 3.8) is 0 Å². The molecule has 39 heavy (non-hydrogen) atoms. The lowest BCUT2D eigenvalue weighted by molar-refractivity contribution is -0.0298. The molecule has 0 saturated carbocycles. The van der Waals surface area contributed by atoms with E-state index < -0.39 is 0 Å². The van der Waals surface area contributed by atoms with Crippen LogP contribution in [0, 0.1) is 13.8 Å². The summed E-state index contributed by atoms with van der Waals surface area (Å²) < 4.78 is 8.09. The van der Waals surface area contributed by atoms with Gasteiger partial charge in [-0.1, -0.05) is 0 Å². The number of likely N-dealkylation sites (N-methyl/N-ethyl adjacent to an activating group) is 1. The minimum atomic E-state index is -0.0962. The summed E-state index contributed by atoms with van der Waals surface area (Å²) >= 11 is 0. The van der Waals surface area contributed by atoms with Crippen LogP contribution in [0.5, 0.6) is 0 Å². The lowest BCUT2D eigenvalue weighted by Crippen LogP contribution is -2.44. The standard InChI is InChI=1S/C29H36N8O2/c1-19-16-20(2)32-29(38)23(19)17-30-27-25-28(37(18-31-25)24-6-4-5-15-39-24)34-26(33-27)21-7-9-22(10-8-21)36-13-11-35(3)12-14-36/h7-10,16,18,24H,4-6,11-15,17H2,1-3H3,(H,32,38)(H,30,33,34). The number of H-pyrrole nitrogens is 1. The van der Waals surface area contributed by atoms with E-state index in [1.807, 2.05) is 24.5 Å². The van der Waals surface area contributed by atoms with Crippen LogP contribution in [0.2, 0.25) is 0 Å². The molecule has 2 aliphatic heterocycles. The molecule has 1 aromatic carbocycles. The largest absolute Gasteiger partial charge is 0.369 e. The van der Waals surface area contributed by atoms with Crippen molar-refractivity contribution < 1.29 is 4.74 Å². The van der Waals surface area contributed by atoms with Gasteiger partial charge in [-0.05, 0) is 76.1 Å². The fourth-order valence-corrected chi connectivity index (χ4v) is 5.48. The first-order valence-corrected chi connectivity index (χ1v) is 13.8. The summed E-state index contributed by atoms with van der Waals surface area (Å²) in [6, 6.07) is 10.5. The Morgan fingerprint density at radius 3 is 2.59 bits per heavy atom. The molecule has 0 bridgehead atoms. The van der Waals surface area contributed by atoms with E-state index in [1.165, 1.54) is 5.69 Å². The molecule has 0 spiro atoms. The van der Waals surface area contributed by atoms with Gasteiger partial charge in [0.1, 0.15) is 6.23 Å². The molecule has 6 rings (SSSR count). The smallest absolute Gasteiger partial charge is 0.253 e. The predicted molar refractivity (Wildman–Crippen MR) is 153 cm³/mol. The monoisotopic (exact) mass is 528 g/mol. The molecule has 2 saturated heterocycles. The molecule has 2 aliphatic rings. The zero-order valence-corrected chi connectivity index (χ0v) is 22.9. The van der Waals surface area contributed by atoms with E-state index >= 15 is 0 Å². The number of aromatic nitrogens is 5. The first-order chi connectivity index (χ1) is 19.0. The van der Waals surface area contributed by atoms with Gasteiger partial charge in [0.05, 0.1) is 6.33 Å². The molecule has 0 amide bonds. The fraction of sp³-hybridized carbons (Fsp3) is 0.448. The molecule has 2 fully saturated rings. The topological polar surface area (TPSA) is 104 Å². The predicted octanol–water partition coefficient (Wildman–Crippen LogP) is 3.86. The average molecular weight is 529 g/mol. The van der Waals surface area contributed by atoms with Crippen molar-refractivity contribution in [2.45, 2.75) is 45.9 Å². The van der Waals surface area contributed by atoms with Crippen molar-refractivity contribution >= 4 is 22.7 Å². The van der Waals surface area contributed by atoms with E-state index in [0.29, 0.717) is 29.3 Å². The van der Waals surface area contributed by atoms with Crippen LogP contribution in [0.1, 0.15) is 42.3 Å². The summed E-state index contributed by atoms with van der Waals surface area (Å²) in [4.78, 5) is 34.9. The number of rotatable bonds is 6. The number of nitrogens with zero attached hydrogens (tertiary/aromatic N) is 6. The molecule has 10 heteroatoms. The van der Waals surface area contributed by atoms with Crippen LogP contribution in [-0.4, -0.2) is 69.2 Å². The molecular weight excluding hydrogens is 492 g/mol. The third-order valence-corrected chi connectivity index (χ3v) is 7.81. The summed E-state index contributed by atoms with van der Waals surface area (Å²) in [6.45, 7) is 9.08. The number of nitrogens with one attached hydrogen (secondary N) is 2. The van der Waals surface area contributed by atoms with Crippen molar-refractivity contribution in [3.8, 4) is 11.4 Å². The lowest BCUT2D eigenvalue weighted by Gasteiger charge is -2.34. The van der Waals surface area contributed by atoms with Crippen LogP contribution in [0.25, 0.3) is 22.6 Å². The molecule has 2 N–H and O–H groups in total. The quantitative estimate of drug-likeness (QED) is 0.389. The number of hydrogen-bond acceptors (Lipinski definition) is 8. The van der Waals surface area contributed by atoms with E-state index in [0.717, 1.165) is 74.5 Å². The highest BCUT2D eigenvalue weighted by Gasteiger charge is 2.22.